The van der Waals surface area contributed by atoms with Crippen molar-refractivity contribution in [2.75, 3.05) is 0 Å². The Balaban J connectivity index is 2.28. The fraction of sp³-hybridized carbons (Fsp3) is 0.125. The van der Waals surface area contributed by atoms with Crippen molar-refractivity contribution in [3.63, 3.8) is 0 Å². The summed E-state index contributed by atoms with van der Waals surface area (Å²) >= 11 is 0. The van der Waals surface area contributed by atoms with Crippen LogP contribution in [0.4, 0.5) is 0 Å². The summed E-state index contributed by atoms with van der Waals surface area (Å²) in [6.07, 6.45) is 0.784. The minimum atomic E-state index is -0.931. The van der Waals surface area contributed by atoms with E-state index in [0.29, 0.717) is 5.52 Å². The molecule has 1 heterocycles. The van der Waals surface area contributed by atoms with E-state index in [2.05, 4.69) is 9.55 Å². The first-order valence-electron chi connectivity index (χ1n) is 6.51. The van der Waals surface area contributed by atoms with Crippen LogP contribution in [0.1, 0.15) is 23.1 Å². The van der Waals surface area contributed by atoms with Crippen LogP contribution in [0.5, 0.6) is 0 Å². The normalized spacial score (nSPS) is 10.8. The summed E-state index contributed by atoms with van der Waals surface area (Å²) in [5, 5.41) is 9.06. The zero-order valence-electron chi connectivity index (χ0n) is 11.1. The Morgan fingerprint density at radius 1 is 1.20 bits per heavy atom. The van der Waals surface area contributed by atoms with E-state index in [1.54, 1.807) is 12.1 Å². The monoisotopic (exact) mass is 266 g/mol. The fourth-order valence-corrected chi connectivity index (χ4v) is 2.37. The Morgan fingerprint density at radius 3 is 2.60 bits per heavy atom. The summed E-state index contributed by atoms with van der Waals surface area (Å²) in [6, 6.07) is 15.0. The molecule has 0 spiro atoms. The maximum Gasteiger partial charge on any atom is 0.335 e. The van der Waals surface area contributed by atoms with Crippen LogP contribution in [0, 0.1) is 0 Å². The van der Waals surface area contributed by atoms with Crippen LogP contribution >= 0.6 is 0 Å². The van der Waals surface area contributed by atoms with E-state index in [-0.39, 0.29) is 5.56 Å². The topological polar surface area (TPSA) is 55.1 Å². The molecule has 0 radical (unpaired) electrons. The van der Waals surface area contributed by atoms with E-state index in [9.17, 15) is 4.79 Å². The van der Waals surface area contributed by atoms with Gasteiger partial charge in [0.25, 0.3) is 0 Å². The van der Waals surface area contributed by atoms with E-state index < -0.39 is 5.97 Å². The van der Waals surface area contributed by atoms with Gasteiger partial charge < -0.3 is 5.11 Å². The van der Waals surface area contributed by atoms with Crippen molar-refractivity contribution in [2.24, 2.45) is 0 Å². The number of carboxylic acid groups (broad SMARTS) is 1. The first-order chi connectivity index (χ1) is 9.70. The van der Waals surface area contributed by atoms with Gasteiger partial charge in [-0.3, -0.25) is 4.57 Å². The zero-order chi connectivity index (χ0) is 14.1. The molecule has 0 saturated carbocycles. The smallest absolute Gasteiger partial charge is 0.335 e. The Labute approximate surface area is 116 Å². The molecule has 0 bridgehead atoms. The SMILES string of the molecule is CCc1nc2cc(C(=O)O)ccc2n1-c1ccccc1. The highest BCUT2D eigenvalue weighted by Crippen LogP contribution is 2.23. The molecule has 3 aromatic rings. The second-order valence-electron chi connectivity index (χ2n) is 4.56. The number of hydrogen-bond donors (Lipinski definition) is 1. The molecule has 0 saturated heterocycles. The molecule has 0 amide bonds. The lowest BCUT2D eigenvalue weighted by atomic mass is 10.2. The molecule has 4 heteroatoms. The third-order valence-corrected chi connectivity index (χ3v) is 3.30. The Hall–Kier alpha value is -2.62. The Kier molecular flexibility index (Phi) is 2.99. The first-order valence-corrected chi connectivity index (χ1v) is 6.51. The van der Waals surface area contributed by atoms with Crippen molar-refractivity contribution in [1.82, 2.24) is 9.55 Å². The van der Waals surface area contributed by atoms with Gasteiger partial charge in [0, 0.05) is 12.1 Å². The van der Waals surface area contributed by atoms with Crippen LogP contribution in [-0.4, -0.2) is 20.6 Å². The molecule has 0 fully saturated rings. The molecule has 2 aromatic carbocycles. The van der Waals surface area contributed by atoms with Gasteiger partial charge in [-0.15, -0.1) is 0 Å². The van der Waals surface area contributed by atoms with E-state index in [4.69, 9.17) is 5.11 Å². The van der Waals surface area contributed by atoms with Crippen molar-refractivity contribution in [2.45, 2.75) is 13.3 Å². The summed E-state index contributed by atoms with van der Waals surface area (Å²) in [6.45, 7) is 2.04. The van der Waals surface area contributed by atoms with Crippen LogP contribution < -0.4 is 0 Å². The van der Waals surface area contributed by atoms with Gasteiger partial charge in [0.15, 0.2) is 0 Å². The van der Waals surface area contributed by atoms with Crippen LogP contribution in [-0.2, 0) is 6.42 Å². The number of nitrogens with zero attached hydrogens (tertiary/aromatic N) is 2. The summed E-state index contributed by atoms with van der Waals surface area (Å²) in [4.78, 5) is 15.6. The largest absolute Gasteiger partial charge is 0.478 e. The molecule has 0 aliphatic carbocycles. The molecule has 20 heavy (non-hydrogen) atoms. The number of imidazole rings is 1. The number of benzene rings is 2. The average Bonchev–Trinajstić information content (AvgIpc) is 2.85. The van der Waals surface area contributed by atoms with Crippen molar-refractivity contribution < 1.29 is 9.90 Å². The van der Waals surface area contributed by atoms with Crippen molar-refractivity contribution in [3.8, 4) is 5.69 Å². The molecule has 1 aromatic heterocycles. The zero-order valence-corrected chi connectivity index (χ0v) is 11.1. The van der Waals surface area contributed by atoms with E-state index in [1.807, 2.05) is 43.3 Å². The van der Waals surface area contributed by atoms with Gasteiger partial charge in [-0.05, 0) is 30.3 Å². The van der Waals surface area contributed by atoms with Gasteiger partial charge in [0.05, 0.1) is 16.6 Å². The molecule has 0 unspecified atom stereocenters. The maximum absolute atomic E-state index is 11.0. The first kappa shape index (κ1) is 12.4. The number of carbonyl (C=O) groups is 1. The second kappa shape index (κ2) is 4.81. The average molecular weight is 266 g/mol. The standard InChI is InChI=1S/C16H14N2O2/c1-2-15-17-13-10-11(16(19)20)8-9-14(13)18(15)12-6-4-3-5-7-12/h3-10H,2H2,1H3,(H,19,20). The summed E-state index contributed by atoms with van der Waals surface area (Å²) < 4.78 is 2.07. The second-order valence-corrected chi connectivity index (χ2v) is 4.56. The highest BCUT2D eigenvalue weighted by molar-refractivity contribution is 5.92. The summed E-state index contributed by atoms with van der Waals surface area (Å²) in [5.74, 6) is -0.00653. The van der Waals surface area contributed by atoms with Crippen molar-refractivity contribution >= 4 is 17.0 Å². The Morgan fingerprint density at radius 2 is 1.95 bits per heavy atom. The molecule has 0 atom stereocenters. The highest BCUT2D eigenvalue weighted by atomic mass is 16.4. The predicted octanol–water partition coefficient (Wildman–Crippen LogP) is 3.29. The molecular weight excluding hydrogens is 252 g/mol. The lowest BCUT2D eigenvalue weighted by molar-refractivity contribution is 0.0697. The number of aryl methyl sites for hydroxylation is 1. The van der Waals surface area contributed by atoms with Crippen LogP contribution in [0.15, 0.2) is 48.5 Å². The molecule has 0 aliphatic heterocycles. The van der Waals surface area contributed by atoms with Gasteiger partial charge in [-0.25, -0.2) is 9.78 Å². The molecule has 100 valence electrons. The fourth-order valence-electron chi connectivity index (χ4n) is 2.37. The minimum absolute atomic E-state index is 0.262. The minimum Gasteiger partial charge on any atom is -0.478 e. The number of aromatic nitrogens is 2. The van der Waals surface area contributed by atoms with Gasteiger partial charge >= 0.3 is 5.97 Å². The third-order valence-electron chi connectivity index (χ3n) is 3.30. The van der Waals surface area contributed by atoms with E-state index in [1.165, 1.54) is 0 Å². The number of para-hydroxylation sites is 1. The highest BCUT2D eigenvalue weighted by Gasteiger charge is 2.13. The summed E-state index contributed by atoms with van der Waals surface area (Å²) in [7, 11) is 0. The maximum atomic E-state index is 11.0. The molecule has 4 nitrogen and oxygen atoms in total. The molecular formula is C16H14N2O2. The lowest BCUT2D eigenvalue weighted by Gasteiger charge is -2.07. The van der Waals surface area contributed by atoms with Crippen molar-refractivity contribution in [3.05, 3.63) is 59.9 Å². The number of carboxylic acids is 1. The molecule has 1 N–H and O–H groups in total. The lowest BCUT2D eigenvalue weighted by Crippen LogP contribution is -1.99. The van der Waals surface area contributed by atoms with Crippen LogP contribution in [0.2, 0.25) is 0 Å². The van der Waals surface area contributed by atoms with E-state index in [0.717, 1.165) is 23.4 Å². The number of hydrogen-bond acceptors (Lipinski definition) is 2. The number of fused-ring (bicyclic) bond motifs is 1. The quantitative estimate of drug-likeness (QED) is 0.791. The van der Waals surface area contributed by atoms with Gasteiger partial charge in [-0.2, -0.15) is 0 Å². The summed E-state index contributed by atoms with van der Waals surface area (Å²) in [5.41, 5.74) is 2.94. The van der Waals surface area contributed by atoms with E-state index >= 15 is 0 Å². The molecule has 3 rings (SSSR count). The van der Waals surface area contributed by atoms with Crippen molar-refractivity contribution in [1.29, 1.82) is 0 Å². The third kappa shape index (κ3) is 1.95. The van der Waals surface area contributed by atoms with Crippen LogP contribution in [0.25, 0.3) is 16.7 Å². The van der Waals surface area contributed by atoms with Gasteiger partial charge in [-0.1, -0.05) is 25.1 Å². The molecule has 0 aliphatic rings. The predicted molar refractivity (Wildman–Crippen MR) is 77.4 cm³/mol. The van der Waals surface area contributed by atoms with Gasteiger partial charge in [0.1, 0.15) is 5.82 Å². The Bertz CT molecular complexity index is 776. The van der Waals surface area contributed by atoms with Gasteiger partial charge in [0.2, 0.25) is 0 Å². The van der Waals surface area contributed by atoms with Crippen LogP contribution in [0.3, 0.4) is 0 Å². The number of aromatic carboxylic acids is 1. The number of rotatable bonds is 3.